The third-order valence-corrected chi connectivity index (χ3v) is 3.83. The molecule has 0 radical (unpaired) electrons. The molecular formula is C16H19N3O. The van der Waals surface area contributed by atoms with Gasteiger partial charge in [-0.15, -0.1) is 0 Å². The van der Waals surface area contributed by atoms with E-state index in [0.29, 0.717) is 5.75 Å². The monoisotopic (exact) mass is 269 g/mol. The quantitative estimate of drug-likeness (QED) is 0.909. The first-order valence-electron chi connectivity index (χ1n) is 6.93. The average Bonchev–Trinajstić information content (AvgIpc) is 2.48. The van der Waals surface area contributed by atoms with Gasteiger partial charge >= 0.3 is 0 Å². The number of anilines is 2. The molecule has 20 heavy (non-hydrogen) atoms. The van der Waals surface area contributed by atoms with Crippen molar-refractivity contribution < 1.29 is 5.11 Å². The summed E-state index contributed by atoms with van der Waals surface area (Å²) in [7, 11) is 0. The number of rotatable bonds is 2. The van der Waals surface area contributed by atoms with E-state index in [2.05, 4.69) is 26.9 Å². The minimum atomic E-state index is 0.335. The number of phenols is 1. The molecule has 1 aliphatic heterocycles. The van der Waals surface area contributed by atoms with Crippen molar-refractivity contribution in [3.05, 3.63) is 48.3 Å². The SMILES string of the molecule is Cc1cc(O)ccc1N1CCN(c2ccncc2)CC1. The van der Waals surface area contributed by atoms with Gasteiger partial charge in [-0.25, -0.2) is 0 Å². The first-order chi connectivity index (χ1) is 9.74. The average molecular weight is 269 g/mol. The van der Waals surface area contributed by atoms with E-state index in [-0.39, 0.29) is 0 Å². The lowest BCUT2D eigenvalue weighted by Crippen LogP contribution is -2.46. The molecule has 1 N–H and O–H groups in total. The van der Waals surface area contributed by atoms with E-state index in [0.717, 1.165) is 31.7 Å². The zero-order valence-corrected chi connectivity index (χ0v) is 11.7. The van der Waals surface area contributed by atoms with Crippen LogP contribution in [0.1, 0.15) is 5.56 Å². The molecule has 0 atom stereocenters. The van der Waals surface area contributed by atoms with Gasteiger partial charge in [0.05, 0.1) is 0 Å². The molecule has 3 rings (SSSR count). The summed E-state index contributed by atoms with van der Waals surface area (Å²) in [5, 5.41) is 9.49. The van der Waals surface area contributed by atoms with Gasteiger partial charge in [-0.1, -0.05) is 0 Å². The van der Waals surface area contributed by atoms with Gasteiger partial charge in [-0.2, -0.15) is 0 Å². The number of aromatic nitrogens is 1. The molecule has 1 fully saturated rings. The Morgan fingerprint density at radius 3 is 2.25 bits per heavy atom. The van der Waals surface area contributed by atoms with Crippen molar-refractivity contribution >= 4 is 11.4 Å². The molecule has 1 aromatic heterocycles. The smallest absolute Gasteiger partial charge is 0.115 e. The summed E-state index contributed by atoms with van der Waals surface area (Å²) < 4.78 is 0. The highest BCUT2D eigenvalue weighted by molar-refractivity contribution is 5.57. The second-order valence-corrected chi connectivity index (χ2v) is 5.15. The van der Waals surface area contributed by atoms with Gasteiger partial charge < -0.3 is 14.9 Å². The lowest BCUT2D eigenvalue weighted by molar-refractivity contribution is 0.475. The molecule has 0 saturated carbocycles. The van der Waals surface area contributed by atoms with Crippen LogP contribution < -0.4 is 9.80 Å². The Balaban J connectivity index is 1.69. The lowest BCUT2D eigenvalue weighted by Gasteiger charge is -2.38. The summed E-state index contributed by atoms with van der Waals surface area (Å²) in [5.41, 5.74) is 3.58. The van der Waals surface area contributed by atoms with Crippen LogP contribution in [-0.2, 0) is 0 Å². The van der Waals surface area contributed by atoms with Gasteiger partial charge in [-0.3, -0.25) is 4.98 Å². The molecule has 2 heterocycles. The van der Waals surface area contributed by atoms with E-state index in [9.17, 15) is 5.11 Å². The summed E-state index contributed by atoms with van der Waals surface area (Å²) in [5.74, 6) is 0.335. The molecule has 0 unspecified atom stereocenters. The summed E-state index contributed by atoms with van der Waals surface area (Å²) in [6.45, 7) is 6.04. The van der Waals surface area contributed by atoms with E-state index in [1.54, 1.807) is 6.07 Å². The topological polar surface area (TPSA) is 39.6 Å². The molecular weight excluding hydrogens is 250 g/mol. The van der Waals surface area contributed by atoms with E-state index in [4.69, 9.17) is 0 Å². The summed E-state index contributed by atoms with van der Waals surface area (Å²) in [6.07, 6.45) is 3.68. The first-order valence-corrected chi connectivity index (χ1v) is 6.93. The van der Waals surface area contributed by atoms with Crippen LogP contribution in [0.4, 0.5) is 11.4 Å². The van der Waals surface area contributed by atoms with Crippen LogP contribution in [0.2, 0.25) is 0 Å². The maximum Gasteiger partial charge on any atom is 0.115 e. The number of hydrogen-bond acceptors (Lipinski definition) is 4. The van der Waals surface area contributed by atoms with Gasteiger partial charge in [0.25, 0.3) is 0 Å². The molecule has 1 saturated heterocycles. The van der Waals surface area contributed by atoms with Crippen LogP contribution >= 0.6 is 0 Å². The molecule has 0 aliphatic carbocycles. The molecule has 0 spiro atoms. The van der Waals surface area contributed by atoms with Crippen LogP contribution in [-0.4, -0.2) is 36.3 Å². The summed E-state index contributed by atoms with van der Waals surface area (Å²) in [6, 6.07) is 9.71. The Morgan fingerprint density at radius 2 is 1.60 bits per heavy atom. The first kappa shape index (κ1) is 12.8. The predicted octanol–water partition coefficient (Wildman–Crippen LogP) is 2.42. The Hall–Kier alpha value is -2.23. The van der Waals surface area contributed by atoms with Crippen molar-refractivity contribution in [1.29, 1.82) is 0 Å². The van der Waals surface area contributed by atoms with Gasteiger partial charge in [0.15, 0.2) is 0 Å². The van der Waals surface area contributed by atoms with Gasteiger partial charge in [0.1, 0.15) is 5.75 Å². The van der Waals surface area contributed by atoms with Gasteiger partial charge in [0.2, 0.25) is 0 Å². The van der Waals surface area contributed by atoms with Crippen LogP contribution in [0.15, 0.2) is 42.7 Å². The Labute approximate surface area is 119 Å². The fourth-order valence-electron chi connectivity index (χ4n) is 2.75. The molecule has 104 valence electrons. The molecule has 1 aromatic carbocycles. The zero-order valence-electron chi connectivity index (χ0n) is 11.7. The Morgan fingerprint density at radius 1 is 0.950 bits per heavy atom. The largest absolute Gasteiger partial charge is 0.508 e. The van der Waals surface area contributed by atoms with Gasteiger partial charge in [-0.05, 0) is 42.8 Å². The molecule has 4 heteroatoms. The predicted molar refractivity (Wildman–Crippen MR) is 81.5 cm³/mol. The summed E-state index contributed by atoms with van der Waals surface area (Å²) in [4.78, 5) is 8.83. The van der Waals surface area contributed by atoms with Crippen molar-refractivity contribution in [3.63, 3.8) is 0 Å². The maximum atomic E-state index is 9.49. The Bertz CT molecular complexity index is 578. The fraction of sp³-hybridized carbons (Fsp3) is 0.312. The molecule has 2 aromatic rings. The van der Waals surface area contributed by atoms with E-state index in [1.165, 1.54) is 11.4 Å². The van der Waals surface area contributed by atoms with Crippen molar-refractivity contribution in [3.8, 4) is 5.75 Å². The normalized spacial score (nSPS) is 15.4. The van der Waals surface area contributed by atoms with Crippen molar-refractivity contribution in [1.82, 2.24) is 4.98 Å². The summed E-state index contributed by atoms with van der Waals surface area (Å²) >= 11 is 0. The second kappa shape index (κ2) is 5.41. The second-order valence-electron chi connectivity index (χ2n) is 5.15. The van der Waals surface area contributed by atoms with Crippen molar-refractivity contribution in [2.24, 2.45) is 0 Å². The fourth-order valence-corrected chi connectivity index (χ4v) is 2.75. The van der Waals surface area contributed by atoms with Crippen LogP contribution in [0.5, 0.6) is 5.75 Å². The van der Waals surface area contributed by atoms with Crippen LogP contribution in [0, 0.1) is 6.92 Å². The molecule has 0 amide bonds. The molecule has 4 nitrogen and oxygen atoms in total. The third kappa shape index (κ3) is 2.54. The number of pyridine rings is 1. The van der Waals surface area contributed by atoms with Crippen molar-refractivity contribution in [2.45, 2.75) is 6.92 Å². The van der Waals surface area contributed by atoms with E-state index >= 15 is 0 Å². The highest BCUT2D eigenvalue weighted by atomic mass is 16.3. The highest BCUT2D eigenvalue weighted by Gasteiger charge is 2.18. The number of aryl methyl sites for hydroxylation is 1. The maximum absolute atomic E-state index is 9.49. The standard InChI is InChI=1S/C16H19N3O/c1-13-12-15(20)2-3-16(13)19-10-8-18(9-11-19)14-4-6-17-7-5-14/h2-7,12,20H,8-11H2,1H3. The number of hydrogen-bond donors (Lipinski definition) is 1. The third-order valence-electron chi connectivity index (χ3n) is 3.83. The number of phenolic OH excluding ortho intramolecular Hbond substituents is 1. The molecule has 0 bridgehead atoms. The lowest BCUT2D eigenvalue weighted by atomic mass is 10.1. The number of nitrogens with zero attached hydrogens (tertiary/aromatic N) is 3. The van der Waals surface area contributed by atoms with Gasteiger partial charge in [0, 0.05) is 49.9 Å². The number of aromatic hydroxyl groups is 1. The van der Waals surface area contributed by atoms with Crippen molar-refractivity contribution in [2.75, 3.05) is 36.0 Å². The molecule has 1 aliphatic rings. The van der Waals surface area contributed by atoms with E-state index < -0.39 is 0 Å². The van der Waals surface area contributed by atoms with Crippen LogP contribution in [0.25, 0.3) is 0 Å². The number of benzene rings is 1. The highest BCUT2D eigenvalue weighted by Crippen LogP contribution is 2.26. The van der Waals surface area contributed by atoms with Crippen LogP contribution in [0.3, 0.4) is 0 Å². The Kier molecular flexibility index (Phi) is 3.46. The zero-order chi connectivity index (χ0) is 13.9. The van der Waals surface area contributed by atoms with E-state index in [1.807, 2.05) is 31.5 Å². The minimum Gasteiger partial charge on any atom is -0.508 e. The number of piperazine rings is 1. The minimum absolute atomic E-state index is 0.335.